The second-order valence-electron chi connectivity index (χ2n) is 4.40. The van der Waals surface area contributed by atoms with Crippen molar-refractivity contribution in [1.82, 2.24) is 4.98 Å². The van der Waals surface area contributed by atoms with E-state index in [0.717, 1.165) is 36.2 Å². The first-order chi connectivity index (χ1) is 7.70. The third kappa shape index (κ3) is 2.55. The first kappa shape index (κ1) is 11.9. The molecular formula is C12H17BrN2O. The number of nitrogens with zero attached hydrogens (tertiary/aromatic N) is 2. The number of rotatable bonds is 3. The zero-order valence-electron chi connectivity index (χ0n) is 9.49. The normalized spacial score (nSPS) is 20.4. The fraction of sp³-hybridized carbons (Fsp3) is 0.583. The molecule has 2 rings (SSSR count). The Hall–Kier alpha value is -0.610. The lowest BCUT2D eigenvalue weighted by Gasteiger charge is -2.18. The molecule has 16 heavy (non-hydrogen) atoms. The maximum absolute atomic E-state index is 8.92. The smallest absolute Gasteiger partial charge is 0.128 e. The molecule has 1 aliphatic rings. The molecule has 1 N–H and O–H groups in total. The molecule has 88 valence electrons. The van der Waals surface area contributed by atoms with Crippen LogP contribution in [0.2, 0.25) is 0 Å². The van der Waals surface area contributed by atoms with Gasteiger partial charge in [0.2, 0.25) is 0 Å². The van der Waals surface area contributed by atoms with Gasteiger partial charge in [-0.2, -0.15) is 0 Å². The molecule has 4 heteroatoms. The predicted molar refractivity (Wildman–Crippen MR) is 68.7 cm³/mol. The Labute approximate surface area is 105 Å². The quantitative estimate of drug-likeness (QED) is 0.926. The molecule has 0 aliphatic carbocycles. The molecule has 0 spiro atoms. The summed E-state index contributed by atoms with van der Waals surface area (Å²) in [4.78, 5) is 6.74. The molecule has 2 heterocycles. The maximum Gasteiger partial charge on any atom is 0.128 e. The van der Waals surface area contributed by atoms with Crippen molar-refractivity contribution in [3.8, 4) is 0 Å². The highest BCUT2D eigenvalue weighted by atomic mass is 79.9. The summed E-state index contributed by atoms with van der Waals surface area (Å²) in [7, 11) is 0. The third-order valence-electron chi connectivity index (χ3n) is 3.18. The number of aliphatic hydroxyl groups is 1. The van der Waals surface area contributed by atoms with Crippen LogP contribution in [0.15, 0.2) is 16.7 Å². The monoisotopic (exact) mass is 284 g/mol. The largest absolute Gasteiger partial charge is 0.396 e. The van der Waals surface area contributed by atoms with E-state index in [1.807, 2.05) is 6.20 Å². The number of halogens is 1. The number of hydrogen-bond acceptors (Lipinski definition) is 3. The molecule has 1 aromatic rings. The van der Waals surface area contributed by atoms with E-state index in [1.165, 1.54) is 5.56 Å². The predicted octanol–water partition coefficient (Wildman–Crippen LogP) is 2.36. The highest BCUT2D eigenvalue weighted by Crippen LogP contribution is 2.26. The summed E-state index contributed by atoms with van der Waals surface area (Å²) in [6, 6.07) is 2.12. The van der Waals surface area contributed by atoms with Gasteiger partial charge in [0.1, 0.15) is 5.82 Å². The lowest BCUT2D eigenvalue weighted by molar-refractivity contribution is 0.263. The van der Waals surface area contributed by atoms with Crippen LogP contribution in [0.3, 0.4) is 0 Å². The van der Waals surface area contributed by atoms with Crippen molar-refractivity contribution in [2.75, 3.05) is 24.6 Å². The van der Waals surface area contributed by atoms with Gasteiger partial charge in [0.25, 0.3) is 0 Å². The summed E-state index contributed by atoms with van der Waals surface area (Å²) in [6.07, 6.45) is 3.94. The molecule has 0 aromatic carbocycles. The zero-order valence-corrected chi connectivity index (χ0v) is 11.1. The summed E-state index contributed by atoms with van der Waals surface area (Å²) in [6.45, 7) is 4.45. The van der Waals surface area contributed by atoms with Crippen molar-refractivity contribution in [2.45, 2.75) is 19.8 Å². The van der Waals surface area contributed by atoms with Crippen LogP contribution >= 0.6 is 15.9 Å². The minimum absolute atomic E-state index is 0.297. The van der Waals surface area contributed by atoms with Crippen LogP contribution in [0.25, 0.3) is 0 Å². The summed E-state index contributed by atoms with van der Waals surface area (Å²) < 4.78 is 1.06. The molecule has 1 aliphatic heterocycles. The van der Waals surface area contributed by atoms with E-state index in [4.69, 9.17) is 5.11 Å². The van der Waals surface area contributed by atoms with E-state index in [9.17, 15) is 0 Å². The SMILES string of the molecule is Cc1cc(N2CCC(CCO)C2)ncc1Br. The van der Waals surface area contributed by atoms with Crippen LogP contribution in [-0.2, 0) is 0 Å². The van der Waals surface area contributed by atoms with E-state index in [0.29, 0.717) is 12.5 Å². The highest BCUT2D eigenvalue weighted by molar-refractivity contribution is 9.10. The fourth-order valence-corrected chi connectivity index (χ4v) is 2.37. The second kappa shape index (κ2) is 5.15. The molecule has 0 radical (unpaired) electrons. The minimum Gasteiger partial charge on any atom is -0.396 e. The highest BCUT2D eigenvalue weighted by Gasteiger charge is 2.22. The molecule has 1 saturated heterocycles. The Morgan fingerprint density at radius 1 is 1.62 bits per heavy atom. The molecule has 1 unspecified atom stereocenters. The van der Waals surface area contributed by atoms with Gasteiger partial charge in [0.15, 0.2) is 0 Å². The Bertz CT molecular complexity index is 370. The van der Waals surface area contributed by atoms with E-state index in [2.05, 4.69) is 38.8 Å². The van der Waals surface area contributed by atoms with Crippen molar-refractivity contribution < 1.29 is 5.11 Å². The number of aryl methyl sites for hydroxylation is 1. The van der Waals surface area contributed by atoms with Crippen molar-refractivity contribution >= 4 is 21.7 Å². The summed E-state index contributed by atoms with van der Waals surface area (Å²) >= 11 is 3.46. The van der Waals surface area contributed by atoms with E-state index >= 15 is 0 Å². The van der Waals surface area contributed by atoms with Crippen LogP contribution in [0, 0.1) is 12.8 Å². The zero-order chi connectivity index (χ0) is 11.5. The van der Waals surface area contributed by atoms with E-state index in [1.54, 1.807) is 0 Å². The van der Waals surface area contributed by atoms with Gasteiger partial charge in [0, 0.05) is 30.4 Å². The van der Waals surface area contributed by atoms with Gasteiger partial charge in [-0.05, 0) is 53.2 Å². The topological polar surface area (TPSA) is 36.4 Å². The molecular weight excluding hydrogens is 268 g/mol. The maximum atomic E-state index is 8.92. The number of aromatic nitrogens is 1. The molecule has 0 saturated carbocycles. The Morgan fingerprint density at radius 3 is 3.12 bits per heavy atom. The number of aliphatic hydroxyl groups excluding tert-OH is 1. The average molecular weight is 285 g/mol. The summed E-state index contributed by atoms with van der Waals surface area (Å²) in [5.74, 6) is 1.68. The van der Waals surface area contributed by atoms with Crippen LogP contribution in [-0.4, -0.2) is 29.8 Å². The van der Waals surface area contributed by atoms with Crippen LogP contribution < -0.4 is 4.90 Å². The Balaban J connectivity index is 2.05. The molecule has 1 atom stereocenters. The van der Waals surface area contributed by atoms with Crippen molar-refractivity contribution in [1.29, 1.82) is 0 Å². The van der Waals surface area contributed by atoms with Gasteiger partial charge < -0.3 is 10.0 Å². The third-order valence-corrected chi connectivity index (χ3v) is 4.01. The first-order valence-electron chi connectivity index (χ1n) is 5.68. The lowest BCUT2D eigenvalue weighted by atomic mass is 10.1. The Kier molecular flexibility index (Phi) is 3.82. The van der Waals surface area contributed by atoms with Gasteiger partial charge in [-0.1, -0.05) is 0 Å². The van der Waals surface area contributed by atoms with E-state index in [-0.39, 0.29) is 0 Å². The van der Waals surface area contributed by atoms with Gasteiger partial charge in [-0.15, -0.1) is 0 Å². The second-order valence-corrected chi connectivity index (χ2v) is 5.26. The van der Waals surface area contributed by atoms with Gasteiger partial charge in [-0.3, -0.25) is 0 Å². The average Bonchev–Trinajstić information content (AvgIpc) is 2.71. The van der Waals surface area contributed by atoms with Gasteiger partial charge in [0.05, 0.1) is 0 Å². The molecule has 1 aromatic heterocycles. The lowest BCUT2D eigenvalue weighted by Crippen LogP contribution is -2.21. The van der Waals surface area contributed by atoms with Gasteiger partial charge in [-0.25, -0.2) is 4.98 Å². The molecule has 3 nitrogen and oxygen atoms in total. The van der Waals surface area contributed by atoms with Crippen LogP contribution in [0.5, 0.6) is 0 Å². The van der Waals surface area contributed by atoms with Crippen molar-refractivity contribution in [3.05, 3.63) is 22.3 Å². The number of pyridine rings is 1. The molecule has 1 fully saturated rings. The van der Waals surface area contributed by atoms with Gasteiger partial charge >= 0.3 is 0 Å². The summed E-state index contributed by atoms with van der Waals surface area (Å²) in [5.41, 5.74) is 1.22. The summed E-state index contributed by atoms with van der Waals surface area (Å²) in [5, 5.41) is 8.92. The van der Waals surface area contributed by atoms with Crippen molar-refractivity contribution in [3.63, 3.8) is 0 Å². The fourth-order valence-electron chi connectivity index (χ4n) is 2.16. The van der Waals surface area contributed by atoms with Crippen LogP contribution in [0.1, 0.15) is 18.4 Å². The first-order valence-corrected chi connectivity index (χ1v) is 6.48. The minimum atomic E-state index is 0.297. The van der Waals surface area contributed by atoms with E-state index < -0.39 is 0 Å². The van der Waals surface area contributed by atoms with Crippen molar-refractivity contribution in [2.24, 2.45) is 5.92 Å². The standard InChI is InChI=1S/C12H17BrN2O/c1-9-6-12(14-7-11(9)13)15-4-2-10(8-15)3-5-16/h6-7,10,16H,2-5,8H2,1H3. The Morgan fingerprint density at radius 2 is 2.44 bits per heavy atom. The molecule has 0 amide bonds. The van der Waals surface area contributed by atoms with Crippen LogP contribution in [0.4, 0.5) is 5.82 Å². The number of hydrogen-bond donors (Lipinski definition) is 1. The number of anilines is 1. The molecule has 0 bridgehead atoms.